The fraction of sp³-hybridized carbons (Fsp3) is 0.471. The summed E-state index contributed by atoms with van der Waals surface area (Å²) in [6.07, 6.45) is 1.49. The molecule has 7 heteroatoms. The topological polar surface area (TPSA) is 57.7 Å². The van der Waals surface area contributed by atoms with Crippen molar-refractivity contribution in [2.24, 2.45) is 5.41 Å². The van der Waals surface area contributed by atoms with Crippen LogP contribution in [0, 0.1) is 5.41 Å². The summed E-state index contributed by atoms with van der Waals surface area (Å²) >= 11 is 2.90. The molecule has 130 valence electrons. The van der Waals surface area contributed by atoms with Gasteiger partial charge >= 0.3 is 0 Å². The van der Waals surface area contributed by atoms with E-state index in [-0.39, 0.29) is 29.9 Å². The molecule has 0 spiro atoms. The lowest BCUT2D eigenvalue weighted by molar-refractivity contribution is -0.136. The summed E-state index contributed by atoms with van der Waals surface area (Å²) in [5, 5.41) is 2.53. The lowest BCUT2D eigenvalue weighted by Gasteiger charge is -2.22. The predicted octanol–water partition coefficient (Wildman–Crippen LogP) is 2.74. The molecule has 0 unspecified atom stereocenters. The molecule has 0 aromatic carbocycles. The molecule has 24 heavy (non-hydrogen) atoms. The molecule has 0 bridgehead atoms. The van der Waals surface area contributed by atoms with E-state index < -0.39 is 5.41 Å². The van der Waals surface area contributed by atoms with Crippen molar-refractivity contribution in [3.8, 4) is 0 Å². The van der Waals surface area contributed by atoms with Crippen LogP contribution < -0.4 is 0 Å². The minimum atomic E-state index is -0.509. The Kier molecular flexibility index (Phi) is 5.87. The van der Waals surface area contributed by atoms with Crippen molar-refractivity contribution < 1.29 is 14.4 Å². The summed E-state index contributed by atoms with van der Waals surface area (Å²) in [5.74, 6) is -0.0613. The summed E-state index contributed by atoms with van der Waals surface area (Å²) < 4.78 is 0. The Bertz CT molecular complexity index is 660. The molecule has 1 aliphatic heterocycles. The molecule has 1 fully saturated rings. The van der Waals surface area contributed by atoms with Crippen LogP contribution in [-0.2, 0) is 20.9 Å². The third-order valence-corrected chi connectivity index (χ3v) is 5.48. The number of thioether (sulfide) groups is 1. The summed E-state index contributed by atoms with van der Waals surface area (Å²) in [5.41, 5.74) is -0.509. The number of allylic oxidation sites excluding steroid dienone is 1. The average molecular weight is 367 g/mol. The van der Waals surface area contributed by atoms with E-state index in [4.69, 9.17) is 0 Å². The van der Waals surface area contributed by atoms with Gasteiger partial charge in [-0.3, -0.25) is 19.3 Å². The van der Waals surface area contributed by atoms with Crippen molar-refractivity contribution in [2.75, 3.05) is 19.3 Å². The van der Waals surface area contributed by atoms with E-state index in [9.17, 15) is 14.4 Å². The fourth-order valence-corrected chi connectivity index (χ4v) is 3.71. The number of amides is 2. The number of likely N-dealkylation sites (N-methyl/N-ethyl adjacent to an activating group) is 1. The van der Waals surface area contributed by atoms with Crippen LogP contribution in [0.15, 0.2) is 28.6 Å². The first-order valence-corrected chi connectivity index (χ1v) is 9.50. The van der Waals surface area contributed by atoms with Crippen molar-refractivity contribution in [3.05, 3.63) is 33.5 Å². The van der Waals surface area contributed by atoms with Crippen molar-refractivity contribution in [1.82, 2.24) is 9.80 Å². The van der Waals surface area contributed by atoms with Crippen LogP contribution in [0.3, 0.4) is 0 Å². The number of hydrogen-bond acceptors (Lipinski definition) is 5. The highest BCUT2D eigenvalue weighted by molar-refractivity contribution is 8.04. The maximum absolute atomic E-state index is 12.4. The molecular formula is C17H22N2O3S2. The number of nitrogens with zero attached hydrogens (tertiary/aromatic N) is 2. The number of carbonyl (C=O) groups is 3. The second kappa shape index (κ2) is 7.53. The van der Waals surface area contributed by atoms with Crippen LogP contribution in [-0.4, -0.2) is 46.7 Å². The fourth-order valence-electron chi connectivity index (χ4n) is 2.01. The van der Waals surface area contributed by atoms with E-state index in [2.05, 4.69) is 0 Å². The molecule has 1 saturated heterocycles. The van der Waals surface area contributed by atoms with Gasteiger partial charge in [0, 0.05) is 23.4 Å². The number of carbonyl (C=O) groups excluding carboxylic acids is 3. The highest BCUT2D eigenvalue weighted by Gasteiger charge is 2.31. The average Bonchev–Trinajstić information content (AvgIpc) is 3.10. The molecule has 0 saturated carbocycles. The molecule has 2 amide bonds. The van der Waals surface area contributed by atoms with Gasteiger partial charge in [-0.1, -0.05) is 38.6 Å². The van der Waals surface area contributed by atoms with Gasteiger partial charge in [0.2, 0.25) is 11.8 Å². The van der Waals surface area contributed by atoms with Gasteiger partial charge in [0.25, 0.3) is 0 Å². The number of ketones is 1. The number of hydrogen-bond donors (Lipinski definition) is 0. The Hall–Kier alpha value is -1.60. The van der Waals surface area contributed by atoms with E-state index in [0.717, 1.165) is 4.88 Å². The second-order valence-electron chi connectivity index (χ2n) is 6.69. The normalized spacial score (nSPS) is 16.8. The first kappa shape index (κ1) is 18.7. The Balaban J connectivity index is 2.05. The van der Waals surface area contributed by atoms with Gasteiger partial charge in [0.1, 0.15) is 6.54 Å². The highest BCUT2D eigenvalue weighted by atomic mass is 32.2. The summed E-state index contributed by atoms with van der Waals surface area (Å²) in [7, 11) is 1.72. The van der Waals surface area contributed by atoms with Crippen molar-refractivity contribution in [1.29, 1.82) is 0 Å². The molecule has 0 atom stereocenters. The molecule has 0 radical (unpaired) electrons. The summed E-state index contributed by atoms with van der Waals surface area (Å²) in [6, 6.07) is 3.91. The van der Waals surface area contributed by atoms with Crippen LogP contribution in [0.5, 0.6) is 0 Å². The molecule has 1 aliphatic rings. The quantitative estimate of drug-likeness (QED) is 0.752. The first-order chi connectivity index (χ1) is 11.2. The summed E-state index contributed by atoms with van der Waals surface area (Å²) in [4.78, 5) is 40.8. The van der Waals surface area contributed by atoms with Crippen LogP contribution in [0.2, 0.25) is 0 Å². The SMILES string of the molecule is CN(Cc1cccs1)C(=O)CN1C(=O)CSC1=CC(=O)C(C)(C)C. The van der Waals surface area contributed by atoms with Gasteiger partial charge in [-0.05, 0) is 11.4 Å². The lowest BCUT2D eigenvalue weighted by atomic mass is 9.91. The Morgan fingerprint density at radius 1 is 1.38 bits per heavy atom. The minimum Gasteiger partial charge on any atom is -0.339 e. The van der Waals surface area contributed by atoms with Crippen molar-refractivity contribution >= 4 is 40.7 Å². The standard InChI is InChI=1S/C17H22N2O3S2/c1-17(2,3)13(20)8-16-19(15(22)11-24-16)10-14(21)18(4)9-12-6-5-7-23-12/h5-8H,9-11H2,1-4H3. The van der Waals surface area contributed by atoms with Gasteiger partial charge in [0.15, 0.2) is 5.78 Å². The van der Waals surface area contributed by atoms with Crippen LogP contribution in [0.25, 0.3) is 0 Å². The molecule has 2 heterocycles. The van der Waals surface area contributed by atoms with Gasteiger partial charge in [-0.15, -0.1) is 11.3 Å². The third kappa shape index (κ3) is 4.70. The van der Waals surface area contributed by atoms with E-state index in [1.807, 2.05) is 38.3 Å². The predicted molar refractivity (Wildman–Crippen MR) is 97.5 cm³/mol. The number of thiophene rings is 1. The molecule has 2 rings (SSSR count). The zero-order valence-corrected chi connectivity index (χ0v) is 16.0. The number of rotatable bonds is 5. The van der Waals surface area contributed by atoms with E-state index in [0.29, 0.717) is 11.6 Å². The van der Waals surface area contributed by atoms with Crippen LogP contribution in [0.1, 0.15) is 25.6 Å². The van der Waals surface area contributed by atoms with Gasteiger partial charge < -0.3 is 4.90 Å². The Morgan fingerprint density at radius 2 is 2.08 bits per heavy atom. The third-order valence-electron chi connectivity index (χ3n) is 3.60. The Morgan fingerprint density at radius 3 is 2.67 bits per heavy atom. The zero-order chi connectivity index (χ0) is 17.9. The lowest BCUT2D eigenvalue weighted by Crippen LogP contribution is -2.38. The summed E-state index contributed by atoms with van der Waals surface area (Å²) in [6.45, 7) is 5.98. The van der Waals surface area contributed by atoms with Gasteiger partial charge in [-0.25, -0.2) is 0 Å². The van der Waals surface area contributed by atoms with Crippen molar-refractivity contribution in [3.63, 3.8) is 0 Å². The molecule has 1 aromatic rings. The smallest absolute Gasteiger partial charge is 0.242 e. The molecule has 5 nitrogen and oxygen atoms in total. The highest BCUT2D eigenvalue weighted by Crippen LogP contribution is 2.30. The molecule has 0 N–H and O–H groups in total. The Labute approximate surface area is 150 Å². The van der Waals surface area contributed by atoms with E-state index in [1.165, 1.54) is 22.7 Å². The van der Waals surface area contributed by atoms with Crippen molar-refractivity contribution in [2.45, 2.75) is 27.3 Å². The maximum Gasteiger partial charge on any atom is 0.242 e. The maximum atomic E-state index is 12.4. The monoisotopic (exact) mass is 366 g/mol. The first-order valence-electron chi connectivity index (χ1n) is 7.64. The second-order valence-corrected chi connectivity index (χ2v) is 8.72. The molecule has 1 aromatic heterocycles. The molecular weight excluding hydrogens is 344 g/mol. The van der Waals surface area contributed by atoms with Crippen LogP contribution >= 0.6 is 23.1 Å². The van der Waals surface area contributed by atoms with Crippen LogP contribution in [0.4, 0.5) is 0 Å². The van der Waals surface area contributed by atoms with Gasteiger partial charge in [0.05, 0.1) is 17.3 Å². The van der Waals surface area contributed by atoms with E-state index >= 15 is 0 Å². The zero-order valence-electron chi connectivity index (χ0n) is 14.4. The van der Waals surface area contributed by atoms with Gasteiger partial charge in [-0.2, -0.15) is 0 Å². The van der Waals surface area contributed by atoms with E-state index in [1.54, 1.807) is 23.3 Å². The molecule has 0 aliphatic carbocycles. The largest absolute Gasteiger partial charge is 0.339 e. The minimum absolute atomic E-state index is 0.0308.